The highest BCUT2D eigenvalue weighted by molar-refractivity contribution is 5.82. The van der Waals surface area contributed by atoms with Crippen molar-refractivity contribution in [3.8, 4) is 5.69 Å². The number of nitrogens with zero attached hydrogens (tertiary/aromatic N) is 2. The van der Waals surface area contributed by atoms with Crippen molar-refractivity contribution in [2.45, 2.75) is 32.4 Å². The maximum Gasteiger partial charge on any atom is 0.226 e. The third-order valence-electron chi connectivity index (χ3n) is 5.57. The van der Waals surface area contributed by atoms with Crippen LogP contribution in [0.3, 0.4) is 0 Å². The first-order valence-corrected chi connectivity index (χ1v) is 9.35. The van der Waals surface area contributed by atoms with E-state index in [-0.39, 0.29) is 12.0 Å². The number of carbonyl (C=O) groups is 1. The molecule has 0 radical (unpaired) electrons. The van der Waals surface area contributed by atoms with Gasteiger partial charge in [0.1, 0.15) is 0 Å². The van der Waals surface area contributed by atoms with Gasteiger partial charge in [0.05, 0.1) is 11.7 Å². The minimum absolute atomic E-state index is 0.0499. The SMILES string of the molecule is Cc1ccc(C2c3cccn3-c3ccccc3CN2C(=O)C2CC2)cc1. The highest BCUT2D eigenvalue weighted by Gasteiger charge is 2.39. The molecule has 5 rings (SSSR count). The number of para-hydroxylation sites is 1. The van der Waals surface area contributed by atoms with Gasteiger partial charge in [0.15, 0.2) is 0 Å². The molecule has 0 bridgehead atoms. The van der Waals surface area contributed by atoms with Crippen LogP contribution in [0.5, 0.6) is 0 Å². The molecule has 1 aromatic heterocycles. The molecule has 0 spiro atoms. The number of amides is 1. The third kappa shape index (κ3) is 2.47. The lowest BCUT2D eigenvalue weighted by atomic mass is 10.00. The van der Waals surface area contributed by atoms with E-state index in [1.165, 1.54) is 22.4 Å². The molecule has 1 atom stereocenters. The van der Waals surface area contributed by atoms with Crippen molar-refractivity contribution in [2.24, 2.45) is 5.92 Å². The molecule has 1 unspecified atom stereocenters. The van der Waals surface area contributed by atoms with E-state index in [0.717, 1.165) is 18.5 Å². The molecule has 0 saturated heterocycles. The van der Waals surface area contributed by atoms with Gasteiger partial charge in [-0.1, -0.05) is 48.0 Å². The second-order valence-corrected chi connectivity index (χ2v) is 7.49. The molecule has 1 amide bonds. The van der Waals surface area contributed by atoms with Crippen molar-refractivity contribution in [3.63, 3.8) is 0 Å². The van der Waals surface area contributed by atoms with Crippen molar-refractivity contribution >= 4 is 5.91 Å². The molecule has 26 heavy (non-hydrogen) atoms. The lowest BCUT2D eigenvalue weighted by Crippen LogP contribution is -2.35. The zero-order valence-corrected chi connectivity index (χ0v) is 14.9. The molecule has 1 fully saturated rings. The largest absolute Gasteiger partial charge is 0.325 e. The molecule has 3 nitrogen and oxygen atoms in total. The number of fused-ring (bicyclic) bond motifs is 3. The Hall–Kier alpha value is -2.81. The van der Waals surface area contributed by atoms with Crippen LogP contribution >= 0.6 is 0 Å². The highest BCUT2D eigenvalue weighted by Crippen LogP contribution is 2.40. The van der Waals surface area contributed by atoms with E-state index in [1.54, 1.807) is 0 Å². The Kier molecular flexibility index (Phi) is 3.49. The number of benzene rings is 2. The number of carbonyl (C=O) groups excluding carboxylic acids is 1. The molecule has 0 N–H and O–H groups in total. The van der Waals surface area contributed by atoms with Crippen molar-refractivity contribution in [1.29, 1.82) is 0 Å². The van der Waals surface area contributed by atoms with E-state index in [1.807, 2.05) is 0 Å². The summed E-state index contributed by atoms with van der Waals surface area (Å²) in [6.07, 6.45) is 4.16. The molecule has 130 valence electrons. The summed E-state index contributed by atoms with van der Waals surface area (Å²) in [6, 6.07) is 21.2. The minimum atomic E-state index is -0.0499. The zero-order valence-electron chi connectivity index (χ0n) is 14.9. The first-order valence-electron chi connectivity index (χ1n) is 9.35. The fourth-order valence-electron chi connectivity index (χ4n) is 4.02. The summed E-state index contributed by atoms with van der Waals surface area (Å²) < 4.78 is 2.25. The van der Waals surface area contributed by atoms with E-state index in [9.17, 15) is 4.79 Å². The van der Waals surface area contributed by atoms with Crippen LogP contribution in [0.25, 0.3) is 5.69 Å². The molecule has 1 aliphatic carbocycles. The van der Waals surface area contributed by atoms with Crippen LogP contribution in [0, 0.1) is 12.8 Å². The van der Waals surface area contributed by atoms with E-state index >= 15 is 0 Å². The predicted molar refractivity (Wildman–Crippen MR) is 102 cm³/mol. The van der Waals surface area contributed by atoms with E-state index in [0.29, 0.717) is 12.5 Å². The summed E-state index contributed by atoms with van der Waals surface area (Å²) in [5.74, 6) is 0.497. The van der Waals surface area contributed by atoms with Gasteiger partial charge in [0.2, 0.25) is 5.91 Å². The number of hydrogen-bond acceptors (Lipinski definition) is 1. The number of rotatable bonds is 2. The number of aryl methyl sites for hydroxylation is 1. The van der Waals surface area contributed by atoms with Gasteiger partial charge in [-0.25, -0.2) is 0 Å². The molecule has 3 heteroatoms. The van der Waals surface area contributed by atoms with Crippen molar-refractivity contribution in [2.75, 3.05) is 0 Å². The Morgan fingerprint density at radius 2 is 1.73 bits per heavy atom. The fraction of sp³-hybridized carbons (Fsp3) is 0.261. The van der Waals surface area contributed by atoms with Crippen molar-refractivity contribution < 1.29 is 4.79 Å². The Labute approximate surface area is 153 Å². The summed E-state index contributed by atoms with van der Waals surface area (Å²) in [6.45, 7) is 2.76. The summed E-state index contributed by atoms with van der Waals surface area (Å²) in [4.78, 5) is 15.3. The highest BCUT2D eigenvalue weighted by atomic mass is 16.2. The van der Waals surface area contributed by atoms with E-state index in [2.05, 4.69) is 83.3 Å². The molecule has 2 aromatic carbocycles. The quantitative estimate of drug-likeness (QED) is 0.667. The van der Waals surface area contributed by atoms with E-state index < -0.39 is 0 Å². The molecule has 1 aliphatic heterocycles. The average Bonchev–Trinajstić information content (AvgIpc) is 3.43. The molecule has 1 saturated carbocycles. The first kappa shape index (κ1) is 15.4. The standard InChI is InChI=1S/C23H22N2O/c1-16-8-10-17(11-9-16)22-21-7-4-14-24(21)20-6-3-2-5-19(20)15-25(22)23(26)18-12-13-18/h2-11,14,18,22H,12-13,15H2,1H3. The predicted octanol–water partition coefficient (Wildman–Crippen LogP) is 4.63. The van der Waals surface area contributed by atoms with Gasteiger partial charge in [-0.15, -0.1) is 0 Å². The van der Waals surface area contributed by atoms with Gasteiger partial charge in [-0.2, -0.15) is 0 Å². The summed E-state index contributed by atoms with van der Waals surface area (Å²) in [5, 5.41) is 0. The molecule has 2 aliphatic rings. The van der Waals surface area contributed by atoms with Gasteiger partial charge in [0.25, 0.3) is 0 Å². The monoisotopic (exact) mass is 342 g/mol. The first-order chi connectivity index (χ1) is 12.7. The van der Waals surface area contributed by atoms with Crippen LogP contribution in [0.2, 0.25) is 0 Å². The van der Waals surface area contributed by atoms with Crippen LogP contribution in [0.15, 0.2) is 66.9 Å². The second kappa shape index (κ2) is 5.87. The van der Waals surface area contributed by atoms with Crippen molar-refractivity contribution in [1.82, 2.24) is 9.47 Å². The summed E-state index contributed by atoms with van der Waals surface area (Å²) >= 11 is 0. The Bertz CT molecular complexity index is 966. The van der Waals surface area contributed by atoms with E-state index in [4.69, 9.17) is 0 Å². The summed E-state index contributed by atoms with van der Waals surface area (Å²) in [5.41, 5.74) is 5.95. The maximum absolute atomic E-state index is 13.2. The lowest BCUT2D eigenvalue weighted by Gasteiger charge is -2.31. The smallest absolute Gasteiger partial charge is 0.226 e. The normalized spacial score (nSPS) is 18.8. The van der Waals surface area contributed by atoms with Crippen LogP contribution in [-0.2, 0) is 11.3 Å². The van der Waals surface area contributed by atoms with Crippen LogP contribution in [0.4, 0.5) is 0 Å². The Morgan fingerprint density at radius 1 is 0.962 bits per heavy atom. The second-order valence-electron chi connectivity index (χ2n) is 7.49. The zero-order chi connectivity index (χ0) is 17.7. The fourth-order valence-corrected chi connectivity index (χ4v) is 4.02. The number of aromatic nitrogens is 1. The van der Waals surface area contributed by atoms with Crippen LogP contribution < -0.4 is 0 Å². The van der Waals surface area contributed by atoms with Crippen molar-refractivity contribution in [3.05, 3.63) is 89.2 Å². The van der Waals surface area contributed by atoms with Gasteiger partial charge in [-0.05, 0) is 49.1 Å². The van der Waals surface area contributed by atoms with Crippen LogP contribution in [-0.4, -0.2) is 15.4 Å². The lowest BCUT2D eigenvalue weighted by molar-refractivity contribution is -0.135. The molecular weight excluding hydrogens is 320 g/mol. The Balaban J connectivity index is 1.71. The molecule has 2 heterocycles. The average molecular weight is 342 g/mol. The van der Waals surface area contributed by atoms with Gasteiger partial charge >= 0.3 is 0 Å². The minimum Gasteiger partial charge on any atom is -0.325 e. The maximum atomic E-state index is 13.2. The Morgan fingerprint density at radius 3 is 2.50 bits per heavy atom. The van der Waals surface area contributed by atoms with Gasteiger partial charge < -0.3 is 9.47 Å². The molecular formula is C23H22N2O. The van der Waals surface area contributed by atoms with Gasteiger partial charge in [0, 0.05) is 24.4 Å². The third-order valence-corrected chi connectivity index (χ3v) is 5.57. The summed E-state index contributed by atoms with van der Waals surface area (Å²) in [7, 11) is 0. The van der Waals surface area contributed by atoms with Gasteiger partial charge in [-0.3, -0.25) is 4.79 Å². The van der Waals surface area contributed by atoms with Crippen LogP contribution in [0.1, 0.15) is 41.3 Å². The number of hydrogen-bond donors (Lipinski definition) is 0. The molecule has 3 aromatic rings. The topological polar surface area (TPSA) is 25.2 Å².